The van der Waals surface area contributed by atoms with E-state index in [0.717, 1.165) is 38.5 Å². The maximum atomic E-state index is 12.3. The van der Waals surface area contributed by atoms with Crippen LogP contribution in [-0.4, -0.2) is 40.8 Å². The van der Waals surface area contributed by atoms with Crippen molar-refractivity contribution in [3.8, 4) is 0 Å². The summed E-state index contributed by atoms with van der Waals surface area (Å²) in [5, 5.41) is 12.7. The van der Waals surface area contributed by atoms with Gasteiger partial charge in [-0.05, 0) is 58.3 Å². The Kier molecular flexibility index (Phi) is 5.08. The number of nitrogens with one attached hydrogen (secondary N) is 1. The number of carbonyl (C=O) groups excluding carboxylic acids is 1. The van der Waals surface area contributed by atoms with E-state index in [1.54, 1.807) is 0 Å². The van der Waals surface area contributed by atoms with Crippen LogP contribution in [0, 0.1) is 5.92 Å². The molecule has 2 rings (SSSR count). The van der Waals surface area contributed by atoms with Gasteiger partial charge in [-0.1, -0.05) is 6.42 Å². The Balaban J connectivity index is 1.79. The molecule has 4 unspecified atom stereocenters. The monoisotopic (exact) mass is 268 g/mol. The van der Waals surface area contributed by atoms with Crippen LogP contribution in [0.15, 0.2) is 0 Å². The van der Waals surface area contributed by atoms with Crippen molar-refractivity contribution >= 4 is 6.03 Å². The third-order valence-electron chi connectivity index (χ3n) is 4.73. The first-order valence-corrected chi connectivity index (χ1v) is 7.82. The van der Waals surface area contributed by atoms with E-state index in [2.05, 4.69) is 19.2 Å². The van der Waals surface area contributed by atoms with Crippen molar-refractivity contribution in [2.24, 2.45) is 5.92 Å². The molecule has 1 heterocycles. The third kappa shape index (κ3) is 3.85. The number of aliphatic hydroxyl groups excluding tert-OH is 1. The fraction of sp³-hybridized carbons (Fsp3) is 0.933. The molecule has 110 valence electrons. The lowest BCUT2D eigenvalue weighted by molar-refractivity contribution is 0.0959. The topological polar surface area (TPSA) is 52.6 Å². The minimum absolute atomic E-state index is 0.0831. The number of urea groups is 1. The largest absolute Gasteiger partial charge is 0.393 e. The third-order valence-corrected chi connectivity index (χ3v) is 4.73. The summed E-state index contributed by atoms with van der Waals surface area (Å²) in [7, 11) is 0. The van der Waals surface area contributed by atoms with Crippen molar-refractivity contribution in [3.63, 3.8) is 0 Å². The molecule has 19 heavy (non-hydrogen) atoms. The molecule has 1 aliphatic carbocycles. The predicted octanol–water partition coefficient (Wildman–Crippen LogP) is 2.51. The molecular formula is C15H28N2O2. The van der Waals surface area contributed by atoms with E-state index in [-0.39, 0.29) is 12.1 Å². The molecule has 0 aromatic heterocycles. The van der Waals surface area contributed by atoms with Crippen molar-refractivity contribution in [2.45, 2.75) is 77.0 Å². The van der Waals surface area contributed by atoms with Gasteiger partial charge in [0.1, 0.15) is 0 Å². The number of carbonyl (C=O) groups is 1. The zero-order valence-electron chi connectivity index (χ0n) is 12.3. The van der Waals surface area contributed by atoms with Gasteiger partial charge in [-0.3, -0.25) is 0 Å². The fourth-order valence-corrected chi connectivity index (χ4v) is 3.59. The van der Waals surface area contributed by atoms with E-state index in [4.69, 9.17) is 0 Å². The maximum absolute atomic E-state index is 12.3. The molecule has 4 heteroatoms. The van der Waals surface area contributed by atoms with Crippen molar-refractivity contribution in [2.75, 3.05) is 6.54 Å². The summed E-state index contributed by atoms with van der Waals surface area (Å²) >= 11 is 0. The minimum atomic E-state index is -0.163. The van der Waals surface area contributed by atoms with Crippen LogP contribution in [-0.2, 0) is 0 Å². The lowest BCUT2D eigenvalue weighted by Gasteiger charge is -2.39. The minimum Gasteiger partial charge on any atom is -0.393 e. The Morgan fingerprint density at radius 1 is 1.16 bits per heavy atom. The molecule has 2 aliphatic rings. The van der Waals surface area contributed by atoms with Gasteiger partial charge in [0.05, 0.1) is 6.10 Å². The molecule has 2 N–H and O–H groups in total. The highest BCUT2D eigenvalue weighted by Gasteiger charge is 2.29. The first-order valence-electron chi connectivity index (χ1n) is 7.82. The van der Waals surface area contributed by atoms with Crippen LogP contribution in [0.3, 0.4) is 0 Å². The second-order valence-electron chi connectivity index (χ2n) is 6.41. The molecule has 0 spiro atoms. The Bertz CT molecular complexity index is 299. The summed E-state index contributed by atoms with van der Waals surface area (Å²) in [5.74, 6) is 0.447. The highest BCUT2D eigenvalue weighted by molar-refractivity contribution is 5.75. The van der Waals surface area contributed by atoms with Crippen LogP contribution in [0.4, 0.5) is 4.79 Å². The highest BCUT2D eigenvalue weighted by Crippen LogP contribution is 2.25. The summed E-state index contributed by atoms with van der Waals surface area (Å²) in [6, 6.07) is 0.779. The standard InChI is InChI=1S/C15H28N2O2/c1-11-5-3-6-12(2)17(11)15(19)16-10-13-7-4-8-14(18)9-13/h11-14,18H,3-10H2,1-2H3,(H,16,19). The van der Waals surface area contributed by atoms with E-state index in [1.807, 2.05) is 4.90 Å². The Labute approximate surface area is 116 Å². The van der Waals surface area contributed by atoms with Gasteiger partial charge in [0.2, 0.25) is 0 Å². The summed E-state index contributed by atoms with van der Waals surface area (Å²) in [5.41, 5.74) is 0. The number of likely N-dealkylation sites (tertiary alicyclic amines) is 1. The van der Waals surface area contributed by atoms with Gasteiger partial charge in [-0.15, -0.1) is 0 Å². The number of nitrogens with zero attached hydrogens (tertiary/aromatic N) is 1. The zero-order chi connectivity index (χ0) is 13.8. The van der Waals surface area contributed by atoms with E-state index in [1.165, 1.54) is 6.42 Å². The number of hydrogen-bond donors (Lipinski definition) is 2. The number of aliphatic hydroxyl groups is 1. The molecule has 1 saturated heterocycles. The molecule has 4 atom stereocenters. The van der Waals surface area contributed by atoms with Crippen molar-refractivity contribution in [1.29, 1.82) is 0 Å². The molecule has 0 radical (unpaired) electrons. The van der Waals surface area contributed by atoms with Crippen LogP contribution >= 0.6 is 0 Å². The second kappa shape index (κ2) is 6.60. The predicted molar refractivity (Wildman–Crippen MR) is 76.0 cm³/mol. The van der Waals surface area contributed by atoms with Crippen molar-refractivity contribution in [3.05, 3.63) is 0 Å². The lowest BCUT2D eigenvalue weighted by atomic mass is 9.87. The normalized spacial score (nSPS) is 36.1. The Hall–Kier alpha value is -0.770. The van der Waals surface area contributed by atoms with Gasteiger partial charge in [0, 0.05) is 18.6 Å². The quantitative estimate of drug-likeness (QED) is 0.808. The van der Waals surface area contributed by atoms with Gasteiger partial charge >= 0.3 is 6.03 Å². The molecule has 2 amide bonds. The molecule has 4 nitrogen and oxygen atoms in total. The molecule has 1 saturated carbocycles. The first-order chi connectivity index (χ1) is 9.08. The van der Waals surface area contributed by atoms with Gasteiger partial charge in [-0.2, -0.15) is 0 Å². The summed E-state index contributed by atoms with van der Waals surface area (Å²) in [6.45, 7) is 4.99. The van der Waals surface area contributed by atoms with Gasteiger partial charge < -0.3 is 15.3 Å². The molecule has 0 bridgehead atoms. The first kappa shape index (κ1) is 14.6. The molecule has 0 aromatic rings. The second-order valence-corrected chi connectivity index (χ2v) is 6.41. The van der Waals surface area contributed by atoms with Crippen molar-refractivity contribution in [1.82, 2.24) is 10.2 Å². The van der Waals surface area contributed by atoms with Crippen LogP contribution in [0.2, 0.25) is 0 Å². The number of piperidine rings is 1. The average molecular weight is 268 g/mol. The van der Waals surface area contributed by atoms with Gasteiger partial charge in [0.25, 0.3) is 0 Å². The molecular weight excluding hydrogens is 240 g/mol. The zero-order valence-corrected chi connectivity index (χ0v) is 12.3. The van der Waals surface area contributed by atoms with Crippen LogP contribution in [0.1, 0.15) is 58.8 Å². The molecule has 2 fully saturated rings. The number of amides is 2. The molecule has 0 aromatic carbocycles. The SMILES string of the molecule is CC1CCCC(C)N1C(=O)NCC1CCCC(O)C1. The van der Waals surface area contributed by atoms with E-state index in [0.29, 0.717) is 24.5 Å². The fourth-order valence-electron chi connectivity index (χ4n) is 3.59. The average Bonchev–Trinajstić information content (AvgIpc) is 2.36. The number of rotatable bonds is 2. The van der Waals surface area contributed by atoms with Crippen LogP contribution < -0.4 is 5.32 Å². The van der Waals surface area contributed by atoms with Gasteiger partial charge in [-0.25, -0.2) is 4.79 Å². The Morgan fingerprint density at radius 3 is 2.42 bits per heavy atom. The number of hydrogen-bond acceptors (Lipinski definition) is 2. The van der Waals surface area contributed by atoms with E-state index in [9.17, 15) is 9.90 Å². The van der Waals surface area contributed by atoms with E-state index >= 15 is 0 Å². The summed E-state index contributed by atoms with van der Waals surface area (Å²) in [4.78, 5) is 14.3. The van der Waals surface area contributed by atoms with E-state index < -0.39 is 0 Å². The van der Waals surface area contributed by atoms with Gasteiger partial charge in [0.15, 0.2) is 0 Å². The summed E-state index contributed by atoms with van der Waals surface area (Å²) < 4.78 is 0. The summed E-state index contributed by atoms with van der Waals surface area (Å²) in [6.07, 6.45) is 7.25. The smallest absolute Gasteiger partial charge is 0.317 e. The van der Waals surface area contributed by atoms with Crippen molar-refractivity contribution < 1.29 is 9.90 Å². The highest BCUT2D eigenvalue weighted by atomic mass is 16.3. The Morgan fingerprint density at radius 2 is 1.79 bits per heavy atom. The lowest BCUT2D eigenvalue weighted by Crippen LogP contribution is -2.52. The van der Waals surface area contributed by atoms with Crippen LogP contribution in [0.5, 0.6) is 0 Å². The molecule has 1 aliphatic heterocycles. The maximum Gasteiger partial charge on any atom is 0.317 e. The van der Waals surface area contributed by atoms with Crippen LogP contribution in [0.25, 0.3) is 0 Å².